The summed E-state index contributed by atoms with van der Waals surface area (Å²) in [6, 6.07) is 13.1. The van der Waals surface area contributed by atoms with Gasteiger partial charge in [-0.3, -0.25) is 14.5 Å². The van der Waals surface area contributed by atoms with E-state index in [1.807, 2.05) is 6.07 Å². The van der Waals surface area contributed by atoms with Gasteiger partial charge in [-0.1, -0.05) is 24.3 Å². The van der Waals surface area contributed by atoms with Gasteiger partial charge in [0.25, 0.3) is 5.91 Å². The number of benzene rings is 2. The molecule has 190 valence electrons. The first-order valence-corrected chi connectivity index (χ1v) is 12.3. The molecule has 2 heterocycles. The Balaban J connectivity index is 1.03. The molecule has 2 amide bonds. The lowest BCUT2D eigenvalue weighted by Crippen LogP contribution is -2.63. The minimum Gasteiger partial charge on any atom is -0.361 e. The molecule has 2 aromatic carbocycles. The summed E-state index contributed by atoms with van der Waals surface area (Å²) in [5.41, 5.74) is 1.56. The zero-order chi connectivity index (χ0) is 25.3. The van der Waals surface area contributed by atoms with E-state index in [2.05, 4.69) is 44.9 Å². The van der Waals surface area contributed by atoms with Crippen LogP contribution in [-0.2, 0) is 11.0 Å². The van der Waals surface area contributed by atoms with Crippen LogP contribution in [0.15, 0.2) is 54.7 Å². The summed E-state index contributed by atoms with van der Waals surface area (Å²) in [5, 5.41) is 6.61. The Morgan fingerprint density at radius 3 is 2.50 bits per heavy atom. The fourth-order valence-corrected chi connectivity index (χ4v) is 5.46. The van der Waals surface area contributed by atoms with E-state index in [1.54, 1.807) is 0 Å². The number of carbonyl (C=O) groups excluding carboxylic acids is 2. The third-order valence-corrected chi connectivity index (χ3v) is 7.41. The lowest BCUT2D eigenvalue weighted by molar-refractivity contribution is -0.137. The van der Waals surface area contributed by atoms with Gasteiger partial charge in [0, 0.05) is 41.8 Å². The smallest absolute Gasteiger partial charge is 0.361 e. The van der Waals surface area contributed by atoms with E-state index in [9.17, 15) is 22.8 Å². The van der Waals surface area contributed by atoms with E-state index in [1.165, 1.54) is 28.6 Å². The summed E-state index contributed by atoms with van der Waals surface area (Å²) >= 11 is 0. The number of H-pyrrole nitrogens is 1. The van der Waals surface area contributed by atoms with Crippen LogP contribution in [0.1, 0.15) is 53.1 Å². The summed E-state index contributed by atoms with van der Waals surface area (Å²) in [5.74, 6) is -0.490. The van der Waals surface area contributed by atoms with Gasteiger partial charge >= 0.3 is 6.18 Å². The minimum atomic E-state index is -4.53. The van der Waals surface area contributed by atoms with Crippen molar-refractivity contribution in [1.29, 1.82) is 0 Å². The Bertz CT molecular complexity index is 1240. The lowest BCUT2D eigenvalue weighted by atomic mass is 9.80. The quantitative estimate of drug-likeness (QED) is 0.470. The molecule has 1 aliphatic carbocycles. The number of nitrogens with one attached hydrogen (secondary N) is 3. The highest BCUT2D eigenvalue weighted by Crippen LogP contribution is 2.38. The number of amides is 2. The monoisotopic (exact) mass is 498 g/mol. The SMILES string of the molecule is O=C(CNC(=O)c1cccc(C(F)(F)F)c1)NC1CN([C@H]2CC[C@@H](c3c[nH]c4ccccc43)CC2)C1. The van der Waals surface area contributed by atoms with E-state index in [4.69, 9.17) is 0 Å². The van der Waals surface area contributed by atoms with Crippen molar-refractivity contribution in [2.75, 3.05) is 19.6 Å². The molecule has 2 fully saturated rings. The molecule has 0 atom stereocenters. The number of hydrogen-bond donors (Lipinski definition) is 3. The van der Waals surface area contributed by atoms with Crippen molar-refractivity contribution >= 4 is 22.7 Å². The number of fused-ring (bicyclic) bond motifs is 1. The average molecular weight is 499 g/mol. The van der Waals surface area contributed by atoms with Gasteiger partial charge in [0.05, 0.1) is 18.2 Å². The number of carbonyl (C=O) groups is 2. The first-order valence-electron chi connectivity index (χ1n) is 12.3. The van der Waals surface area contributed by atoms with Gasteiger partial charge < -0.3 is 15.6 Å². The maximum absolute atomic E-state index is 12.8. The first kappa shape index (κ1) is 24.4. The zero-order valence-corrected chi connectivity index (χ0v) is 19.8. The van der Waals surface area contributed by atoms with Crippen LogP contribution in [-0.4, -0.2) is 53.4 Å². The van der Waals surface area contributed by atoms with E-state index < -0.39 is 17.6 Å². The summed E-state index contributed by atoms with van der Waals surface area (Å²) in [6.07, 6.45) is 2.15. The standard InChI is InChI=1S/C27H29F3N4O2/c28-27(29,30)19-5-3-4-18(12-19)26(36)32-14-25(35)33-20-15-34(16-20)21-10-8-17(9-11-21)23-13-31-24-7-2-1-6-22(23)24/h1-7,12-13,17,20-21,31H,8-11,14-16H2,(H,32,36)(H,33,35)/t17-,21+. The van der Waals surface area contributed by atoms with Crippen LogP contribution >= 0.6 is 0 Å². The number of para-hydroxylation sites is 1. The second kappa shape index (κ2) is 9.97. The molecule has 0 unspecified atom stereocenters. The summed E-state index contributed by atoms with van der Waals surface area (Å²) < 4.78 is 38.5. The van der Waals surface area contributed by atoms with Crippen molar-refractivity contribution in [2.45, 2.75) is 49.9 Å². The molecule has 6 nitrogen and oxygen atoms in total. The molecule has 3 aromatic rings. The third-order valence-electron chi connectivity index (χ3n) is 7.41. The van der Waals surface area contributed by atoms with E-state index in [0.29, 0.717) is 12.0 Å². The van der Waals surface area contributed by atoms with Gasteiger partial charge in [-0.05, 0) is 61.4 Å². The van der Waals surface area contributed by atoms with Gasteiger partial charge in [-0.2, -0.15) is 13.2 Å². The minimum absolute atomic E-state index is 0.0225. The molecule has 3 N–H and O–H groups in total. The Kier molecular flexibility index (Phi) is 6.75. The summed E-state index contributed by atoms with van der Waals surface area (Å²) in [7, 11) is 0. The van der Waals surface area contributed by atoms with Gasteiger partial charge in [0.15, 0.2) is 0 Å². The van der Waals surface area contributed by atoms with E-state index >= 15 is 0 Å². The van der Waals surface area contributed by atoms with E-state index in [0.717, 1.165) is 50.9 Å². The Hall–Kier alpha value is -3.33. The highest BCUT2D eigenvalue weighted by atomic mass is 19.4. The fourth-order valence-electron chi connectivity index (χ4n) is 5.46. The van der Waals surface area contributed by atoms with Crippen LogP contribution < -0.4 is 10.6 Å². The number of likely N-dealkylation sites (tertiary alicyclic amines) is 1. The van der Waals surface area contributed by atoms with Crippen molar-refractivity contribution in [2.24, 2.45) is 0 Å². The zero-order valence-electron chi connectivity index (χ0n) is 19.8. The number of halogens is 3. The van der Waals surface area contributed by atoms with Gasteiger partial charge in [0.2, 0.25) is 5.91 Å². The molecule has 1 saturated carbocycles. The largest absolute Gasteiger partial charge is 0.416 e. The van der Waals surface area contributed by atoms with Crippen molar-refractivity contribution in [3.8, 4) is 0 Å². The van der Waals surface area contributed by atoms with Crippen LogP contribution in [0.25, 0.3) is 10.9 Å². The first-order chi connectivity index (χ1) is 17.3. The molecular weight excluding hydrogens is 469 g/mol. The average Bonchev–Trinajstić information content (AvgIpc) is 3.28. The second-order valence-corrected chi connectivity index (χ2v) is 9.77. The molecule has 2 aliphatic rings. The van der Waals surface area contributed by atoms with Crippen LogP contribution in [0.2, 0.25) is 0 Å². The van der Waals surface area contributed by atoms with Crippen molar-refractivity contribution < 1.29 is 22.8 Å². The molecule has 36 heavy (non-hydrogen) atoms. The molecule has 1 saturated heterocycles. The Morgan fingerprint density at radius 2 is 1.75 bits per heavy atom. The Morgan fingerprint density at radius 1 is 1.00 bits per heavy atom. The molecule has 1 aliphatic heterocycles. The van der Waals surface area contributed by atoms with Gasteiger partial charge in [-0.25, -0.2) is 0 Å². The molecule has 5 rings (SSSR count). The lowest BCUT2D eigenvalue weighted by Gasteiger charge is -2.46. The molecular formula is C27H29F3N4O2. The van der Waals surface area contributed by atoms with Crippen molar-refractivity contribution in [1.82, 2.24) is 20.5 Å². The number of alkyl halides is 3. The summed E-state index contributed by atoms with van der Waals surface area (Å²) in [6.45, 7) is 1.27. The van der Waals surface area contributed by atoms with E-state index in [-0.39, 0.29) is 24.1 Å². The van der Waals surface area contributed by atoms with Gasteiger partial charge in [0.1, 0.15) is 0 Å². The van der Waals surface area contributed by atoms with Crippen LogP contribution in [0.5, 0.6) is 0 Å². The van der Waals surface area contributed by atoms with Gasteiger partial charge in [-0.15, -0.1) is 0 Å². The molecule has 0 bridgehead atoms. The maximum Gasteiger partial charge on any atom is 0.416 e. The van der Waals surface area contributed by atoms with Crippen molar-refractivity contribution in [3.63, 3.8) is 0 Å². The van der Waals surface area contributed by atoms with Crippen molar-refractivity contribution in [3.05, 3.63) is 71.4 Å². The molecule has 0 spiro atoms. The number of aromatic nitrogens is 1. The highest BCUT2D eigenvalue weighted by Gasteiger charge is 2.36. The predicted molar refractivity (Wildman–Crippen MR) is 131 cm³/mol. The molecule has 0 radical (unpaired) electrons. The number of aromatic amines is 1. The van der Waals surface area contributed by atoms with Crippen LogP contribution in [0, 0.1) is 0 Å². The maximum atomic E-state index is 12.8. The third kappa shape index (κ3) is 5.26. The van der Waals surface area contributed by atoms with Crippen LogP contribution in [0.4, 0.5) is 13.2 Å². The number of nitrogens with zero attached hydrogens (tertiary/aromatic N) is 1. The Labute approximate surface area is 207 Å². The topological polar surface area (TPSA) is 77.2 Å². The molecule has 9 heteroatoms. The highest BCUT2D eigenvalue weighted by molar-refractivity contribution is 5.96. The second-order valence-electron chi connectivity index (χ2n) is 9.77. The fraction of sp³-hybridized carbons (Fsp3) is 0.407. The normalized spacial score (nSPS) is 21.2. The molecule has 1 aromatic heterocycles. The summed E-state index contributed by atoms with van der Waals surface area (Å²) in [4.78, 5) is 30.2. The number of hydrogen-bond acceptors (Lipinski definition) is 3. The van der Waals surface area contributed by atoms with Crippen LogP contribution in [0.3, 0.4) is 0 Å². The number of rotatable bonds is 6. The predicted octanol–water partition coefficient (Wildman–Crippen LogP) is 4.44.